The van der Waals surface area contributed by atoms with Crippen LogP contribution in [0.1, 0.15) is 5.56 Å². The monoisotopic (exact) mass is 360 g/mol. The average molecular weight is 361 g/mol. The maximum atomic E-state index is 6.16. The molecule has 0 saturated heterocycles. The summed E-state index contributed by atoms with van der Waals surface area (Å²) in [6.07, 6.45) is 3.16. The van der Waals surface area contributed by atoms with Crippen molar-refractivity contribution in [2.45, 2.75) is 6.92 Å². The third kappa shape index (κ3) is 3.67. The van der Waals surface area contributed by atoms with Crippen molar-refractivity contribution >= 4 is 52.0 Å². The number of pyridine rings is 1. The average Bonchev–Trinajstić information content (AvgIpc) is 2.55. The molecule has 8 heteroatoms. The Morgan fingerprint density at radius 1 is 0.958 bits per heavy atom. The predicted molar refractivity (Wildman–Crippen MR) is 98.4 cm³/mol. The third-order valence-corrected chi connectivity index (χ3v) is 3.77. The number of hydrogen-bond donors (Lipinski definition) is 3. The lowest BCUT2D eigenvalue weighted by Crippen LogP contribution is -2.06. The number of halogens is 2. The molecule has 0 fully saturated rings. The summed E-state index contributed by atoms with van der Waals surface area (Å²) in [7, 11) is 0. The summed E-state index contributed by atoms with van der Waals surface area (Å²) in [4.78, 5) is 12.6. The summed E-state index contributed by atoms with van der Waals surface area (Å²) >= 11 is 12.1. The molecule has 122 valence electrons. The quantitative estimate of drug-likeness (QED) is 0.632. The van der Waals surface area contributed by atoms with Crippen LogP contribution in [0.4, 0.5) is 28.8 Å². The molecular weight excluding hydrogens is 347 g/mol. The van der Waals surface area contributed by atoms with Crippen LogP contribution in [0.3, 0.4) is 0 Å². The first-order valence-electron chi connectivity index (χ1n) is 7.05. The predicted octanol–water partition coefficient (Wildman–Crippen LogP) is 4.56. The zero-order valence-corrected chi connectivity index (χ0v) is 14.2. The molecule has 0 saturated carbocycles. The van der Waals surface area contributed by atoms with Gasteiger partial charge in [-0.05, 0) is 36.8 Å². The Morgan fingerprint density at radius 3 is 2.38 bits per heavy atom. The SMILES string of the molecule is Cc1ccc(Nc2ncnc(Nc3ccc(Cl)cc3Cl)c2N)nc1. The summed E-state index contributed by atoms with van der Waals surface area (Å²) in [5.74, 6) is 1.53. The smallest absolute Gasteiger partial charge is 0.160 e. The normalized spacial score (nSPS) is 10.5. The molecule has 3 aromatic rings. The van der Waals surface area contributed by atoms with E-state index in [1.807, 2.05) is 19.1 Å². The minimum absolute atomic E-state index is 0.353. The van der Waals surface area contributed by atoms with Crippen LogP contribution in [0, 0.1) is 6.92 Å². The Kier molecular flexibility index (Phi) is 4.69. The van der Waals surface area contributed by atoms with Crippen LogP contribution in [0.25, 0.3) is 0 Å². The van der Waals surface area contributed by atoms with Crippen LogP contribution >= 0.6 is 23.2 Å². The van der Waals surface area contributed by atoms with Crippen molar-refractivity contribution in [3.05, 3.63) is 58.5 Å². The van der Waals surface area contributed by atoms with Gasteiger partial charge in [0.2, 0.25) is 0 Å². The Labute approximate surface area is 149 Å². The van der Waals surface area contributed by atoms with E-state index < -0.39 is 0 Å². The van der Waals surface area contributed by atoms with Crippen molar-refractivity contribution in [3.63, 3.8) is 0 Å². The highest BCUT2D eigenvalue weighted by atomic mass is 35.5. The second kappa shape index (κ2) is 6.90. The number of aromatic nitrogens is 3. The first-order chi connectivity index (χ1) is 11.5. The summed E-state index contributed by atoms with van der Waals surface area (Å²) in [6.45, 7) is 1.97. The standard InChI is InChI=1S/C16H14Cl2N6/c1-9-2-5-13(20-7-9)24-16-14(19)15(21-8-22-16)23-12-4-3-10(17)6-11(12)18/h2-8H,19H2,1H3,(H2,20,21,22,23,24). The number of nitrogens with zero attached hydrogens (tertiary/aromatic N) is 3. The van der Waals surface area contributed by atoms with Gasteiger partial charge >= 0.3 is 0 Å². The van der Waals surface area contributed by atoms with Gasteiger partial charge in [0.25, 0.3) is 0 Å². The molecule has 0 aliphatic heterocycles. The molecular formula is C16H14Cl2N6. The number of nitrogens with two attached hydrogens (primary N) is 1. The maximum absolute atomic E-state index is 6.16. The Hall–Kier alpha value is -2.57. The molecule has 0 radical (unpaired) electrons. The highest BCUT2D eigenvalue weighted by Gasteiger charge is 2.11. The number of aryl methyl sites for hydroxylation is 1. The minimum Gasteiger partial charge on any atom is -0.393 e. The van der Waals surface area contributed by atoms with Gasteiger partial charge in [-0.3, -0.25) is 0 Å². The number of benzene rings is 1. The fourth-order valence-corrected chi connectivity index (χ4v) is 2.43. The van der Waals surface area contributed by atoms with Crippen LogP contribution in [0.15, 0.2) is 42.9 Å². The minimum atomic E-state index is 0.353. The van der Waals surface area contributed by atoms with E-state index in [2.05, 4.69) is 25.6 Å². The fraction of sp³-hybridized carbons (Fsp3) is 0.0625. The molecule has 0 spiro atoms. The first kappa shape index (κ1) is 16.3. The highest BCUT2D eigenvalue weighted by molar-refractivity contribution is 6.36. The molecule has 2 heterocycles. The van der Waals surface area contributed by atoms with E-state index in [0.717, 1.165) is 5.56 Å². The Balaban J connectivity index is 1.86. The van der Waals surface area contributed by atoms with Crippen LogP contribution < -0.4 is 16.4 Å². The number of hydrogen-bond acceptors (Lipinski definition) is 6. The van der Waals surface area contributed by atoms with E-state index in [4.69, 9.17) is 28.9 Å². The fourth-order valence-electron chi connectivity index (χ4n) is 1.98. The van der Waals surface area contributed by atoms with Gasteiger partial charge in [0.05, 0.1) is 10.7 Å². The van der Waals surface area contributed by atoms with E-state index in [1.54, 1.807) is 24.4 Å². The van der Waals surface area contributed by atoms with E-state index >= 15 is 0 Å². The van der Waals surface area contributed by atoms with Crippen molar-refractivity contribution < 1.29 is 0 Å². The van der Waals surface area contributed by atoms with Gasteiger partial charge in [-0.1, -0.05) is 29.3 Å². The van der Waals surface area contributed by atoms with Gasteiger partial charge in [-0.2, -0.15) is 0 Å². The lowest BCUT2D eigenvalue weighted by atomic mass is 10.3. The molecule has 0 atom stereocenters. The van der Waals surface area contributed by atoms with Crippen LogP contribution in [0.2, 0.25) is 10.0 Å². The molecule has 6 nitrogen and oxygen atoms in total. The summed E-state index contributed by atoms with van der Waals surface area (Å²) in [6, 6.07) is 8.90. The van der Waals surface area contributed by atoms with Crippen molar-refractivity contribution in [3.8, 4) is 0 Å². The molecule has 1 aromatic carbocycles. The van der Waals surface area contributed by atoms with Gasteiger partial charge < -0.3 is 16.4 Å². The van der Waals surface area contributed by atoms with Crippen molar-refractivity contribution in [1.82, 2.24) is 15.0 Å². The lowest BCUT2D eigenvalue weighted by molar-refractivity contribution is 1.16. The summed E-state index contributed by atoms with van der Waals surface area (Å²) in [5, 5.41) is 7.16. The first-order valence-corrected chi connectivity index (χ1v) is 7.81. The molecule has 4 N–H and O–H groups in total. The zero-order valence-electron chi connectivity index (χ0n) is 12.7. The Morgan fingerprint density at radius 2 is 1.71 bits per heavy atom. The van der Waals surface area contributed by atoms with Crippen LogP contribution in [-0.2, 0) is 0 Å². The van der Waals surface area contributed by atoms with E-state index in [0.29, 0.717) is 38.9 Å². The second-order valence-corrected chi connectivity index (χ2v) is 5.92. The molecule has 0 aliphatic rings. The van der Waals surface area contributed by atoms with Crippen LogP contribution in [0.5, 0.6) is 0 Å². The maximum Gasteiger partial charge on any atom is 0.160 e. The van der Waals surface area contributed by atoms with Gasteiger partial charge in [0, 0.05) is 11.2 Å². The van der Waals surface area contributed by atoms with Crippen molar-refractivity contribution in [2.75, 3.05) is 16.4 Å². The summed E-state index contributed by atoms with van der Waals surface area (Å²) in [5.41, 5.74) is 8.20. The number of nitrogens with one attached hydrogen (secondary N) is 2. The Bertz CT molecular complexity index is 867. The van der Waals surface area contributed by atoms with Gasteiger partial charge in [0.1, 0.15) is 17.8 Å². The summed E-state index contributed by atoms with van der Waals surface area (Å²) < 4.78 is 0. The topological polar surface area (TPSA) is 88.8 Å². The van der Waals surface area contributed by atoms with Gasteiger partial charge in [0.15, 0.2) is 11.6 Å². The lowest BCUT2D eigenvalue weighted by Gasteiger charge is -2.13. The molecule has 0 aliphatic carbocycles. The van der Waals surface area contributed by atoms with Crippen molar-refractivity contribution in [1.29, 1.82) is 0 Å². The van der Waals surface area contributed by atoms with E-state index in [1.165, 1.54) is 6.33 Å². The molecule has 24 heavy (non-hydrogen) atoms. The molecule has 2 aromatic heterocycles. The number of nitrogen functional groups attached to an aromatic ring is 1. The van der Waals surface area contributed by atoms with E-state index in [9.17, 15) is 0 Å². The molecule has 0 unspecified atom stereocenters. The van der Waals surface area contributed by atoms with Gasteiger partial charge in [-0.15, -0.1) is 0 Å². The van der Waals surface area contributed by atoms with Gasteiger partial charge in [-0.25, -0.2) is 15.0 Å². The number of anilines is 5. The third-order valence-electron chi connectivity index (χ3n) is 3.23. The largest absolute Gasteiger partial charge is 0.393 e. The molecule has 3 rings (SSSR count). The second-order valence-electron chi connectivity index (χ2n) is 5.08. The molecule has 0 amide bonds. The van der Waals surface area contributed by atoms with E-state index in [-0.39, 0.29) is 0 Å². The molecule has 0 bridgehead atoms. The van der Waals surface area contributed by atoms with Crippen molar-refractivity contribution in [2.24, 2.45) is 0 Å². The highest BCUT2D eigenvalue weighted by Crippen LogP contribution is 2.31. The zero-order chi connectivity index (χ0) is 17.1. The van der Waals surface area contributed by atoms with Crippen LogP contribution in [-0.4, -0.2) is 15.0 Å². The number of rotatable bonds is 4.